The molecule has 4 amide bonds. The van der Waals surface area contributed by atoms with Crippen LogP contribution >= 0.6 is 0 Å². The van der Waals surface area contributed by atoms with Crippen LogP contribution in [0.1, 0.15) is 5.56 Å². The van der Waals surface area contributed by atoms with Crippen molar-refractivity contribution in [1.82, 2.24) is 4.90 Å². The molecule has 1 fully saturated rings. The van der Waals surface area contributed by atoms with Crippen molar-refractivity contribution in [2.75, 3.05) is 12.0 Å². The summed E-state index contributed by atoms with van der Waals surface area (Å²) in [5, 5.41) is 0. The highest BCUT2D eigenvalue weighted by atomic mass is 19.1. The van der Waals surface area contributed by atoms with Gasteiger partial charge in [-0.25, -0.2) is 14.1 Å². The van der Waals surface area contributed by atoms with Crippen LogP contribution in [0.5, 0.6) is 5.75 Å². The van der Waals surface area contributed by atoms with E-state index in [1.165, 1.54) is 43.5 Å². The first-order valence-electron chi connectivity index (χ1n) is 7.09. The minimum Gasteiger partial charge on any atom is -0.497 e. The van der Waals surface area contributed by atoms with Gasteiger partial charge < -0.3 is 4.74 Å². The Morgan fingerprint density at radius 3 is 2.12 bits per heavy atom. The van der Waals surface area contributed by atoms with Gasteiger partial charge in [-0.3, -0.25) is 14.5 Å². The number of benzene rings is 2. The molecule has 7 heteroatoms. The van der Waals surface area contributed by atoms with Crippen molar-refractivity contribution in [2.24, 2.45) is 0 Å². The van der Waals surface area contributed by atoms with Crippen LogP contribution < -0.4 is 9.64 Å². The SMILES string of the molecule is COc1ccc(N2C(=O)C(=O)N(Cc3ccc(F)cc3)C2=O)cc1. The standard InChI is InChI=1S/C17H13FN2O4/c1-24-14-8-6-13(7-9-14)20-16(22)15(21)19(17(20)23)10-11-2-4-12(18)5-3-11/h2-9H,10H2,1H3. The molecule has 6 nitrogen and oxygen atoms in total. The number of anilines is 1. The monoisotopic (exact) mass is 328 g/mol. The van der Waals surface area contributed by atoms with Crippen molar-refractivity contribution in [3.63, 3.8) is 0 Å². The highest BCUT2D eigenvalue weighted by Gasteiger charge is 2.45. The molecule has 0 atom stereocenters. The van der Waals surface area contributed by atoms with Crippen molar-refractivity contribution in [3.05, 3.63) is 59.9 Å². The number of halogens is 1. The van der Waals surface area contributed by atoms with Crippen LogP contribution in [0.25, 0.3) is 0 Å². The van der Waals surface area contributed by atoms with Crippen LogP contribution in [0.3, 0.4) is 0 Å². The van der Waals surface area contributed by atoms with Gasteiger partial charge in [-0.15, -0.1) is 0 Å². The van der Waals surface area contributed by atoms with Gasteiger partial charge in [-0.2, -0.15) is 0 Å². The van der Waals surface area contributed by atoms with E-state index in [0.717, 1.165) is 9.80 Å². The highest BCUT2D eigenvalue weighted by molar-refractivity contribution is 6.52. The number of urea groups is 1. The predicted octanol–water partition coefficient (Wildman–Crippen LogP) is 2.33. The van der Waals surface area contributed by atoms with Crippen LogP contribution in [0.2, 0.25) is 0 Å². The maximum atomic E-state index is 12.9. The zero-order valence-corrected chi connectivity index (χ0v) is 12.7. The molecule has 0 aliphatic carbocycles. The van der Waals surface area contributed by atoms with Crippen LogP contribution in [0.4, 0.5) is 14.9 Å². The lowest BCUT2D eigenvalue weighted by molar-refractivity contribution is -0.139. The number of imide groups is 2. The Bertz CT molecular complexity index is 802. The topological polar surface area (TPSA) is 66.9 Å². The number of carbonyl (C=O) groups excluding carboxylic acids is 3. The lowest BCUT2D eigenvalue weighted by atomic mass is 10.2. The molecule has 0 aromatic heterocycles. The fourth-order valence-electron chi connectivity index (χ4n) is 2.38. The van der Waals surface area contributed by atoms with Gasteiger partial charge in [0.15, 0.2) is 0 Å². The van der Waals surface area contributed by atoms with Crippen LogP contribution in [-0.2, 0) is 16.1 Å². The van der Waals surface area contributed by atoms with E-state index in [9.17, 15) is 18.8 Å². The smallest absolute Gasteiger partial charge is 0.339 e. The summed E-state index contributed by atoms with van der Waals surface area (Å²) in [6.45, 7) is -0.101. The Balaban J connectivity index is 1.85. The fraction of sp³-hybridized carbons (Fsp3) is 0.118. The van der Waals surface area contributed by atoms with E-state index >= 15 is 0 Å². The molecule has 0 N–H and O–H groups in total. The molecule has 3 rings (SSSR count). The molecule has 0 unspecified atom stereocenters. The molecular weight excluding hydrogens is 315 g/mol. The summed E-state index contributed by atoms with van der Waals surface area (Å²) in [6.07, 6.45) is 0. The lowest BCUT2D eigenvalue weighted by Gasteiger charge is -2.15. The molecule has 1 aliphatic rings. The maximum Gasteiger partial charge on any atom is 0.339 e. The van der Waals surface area contributed by atoms with Gasteiger partial charge >= 0.3 is 17.8 Å². The minimum atomic E-state index is -0.924. The van der Waals surface area contributed by atoms with E-state index in [4.69, 9.17) is 4.74 Å². The third-order valence-corrected chi connectivity index (χ3v) is 3.64. The molecule has 24 heavy (non-hydrogen) atoms. The van der Waals surface area contributed by atoms with Gasteiger partial charge in [-0.05, 0) is 42.0 Å². The molecule has 2 aromatic rings. The van der Waals surface area contributed by atoms with Crippen molar-refractivity contribution < 1.29 is 23.5 Å². The summed E-state index contributed by atoms with van der Waals surface area (Å²) in [6, 6.07) is 10.8. The molecule has 1 heterocycles. The fourth-order valence-corrected chi connectivity index (χ4v) is 2.38. The van der Waals surface area contributed by atoms with Crippen molar-refractivity contribution in [3.8, 4) is 5.75 Å². The van der Waals surface area contributed by atoms with E-state index < -0.39 is 23.7 Å². The third-order valence-electron chi connectivity index (χ3n) is 3.64. The van der Waals surface area contributed by atoms with E-state index in [1.54, 1.807) is 12.1 Å². The summed E-state index contributed by atoms with van der Waals surface area (Å²) in [7, 11) is 1.50. The van der Waals surface area contributed by atoms with Crippen LogP contribution in [-0.4, -0.2) is 29.9 Å². The number of nitrogens with zero attached hydrogens (tertiary/aromatic N) is 2. The average molecular weight is 328 g/mol. The Morgan fingerprint density at radius 2 is 1.54 bits per heavy atom. The number of ether oxygens (including phenoxy) is 1. The molecule has 1 saturated heterocycles. The van der Waals surface area contributed by atoms with E-state index in [0.29, 0.717) is 11.3 Å². The Morgan fingerprint density at radius 1 is 0.917 bits per heavy atom. The number of hydrogen-bond donors (Lipinski definition) is 0. The first-order chi connectivity index (χ1) is 11.5. The van der Waals surface area contributed by atoms with E-state index in [1.807, 2.05) is 0 Å². The number of carbonyl (C=O) groups is 3. The van der Waals surface area contributed by atoms with Crippen molar-refractivity contribution in [2.45, 2.75) is 6.54 Å². The zero-order chi connectivity index (χ0) is 17.3. The molecule has 0 radical (unpaired) electrons. The van der Waals surface area contributed by atoms with Gasteiger partial charge in [0, 0.05) is 0 Å². The molecule has 0 spiro atoms. The number of rotatable bonds is 4. The van der Waals surface area contributed by atoms with Gasteiger partial charge in [0.05, 0.1) is 19.3 Å². The Hall–Kier alpha value is -3.22. The zero-order valence-electron chi connectivity index (χ0n) is 12.7. The molecule has 0 bridgehead atoms. The van der Waals surface area contributed by atoms with E-state index in [2.05, 4.69) is 0 Å². The minimum absolute atomic E-state index is 0.101. The summed E-state index contributed by atoms with van der Waals surface area (Å²) < 4.78 is 18.0. The highest BCUT2D eigenvalue weighted by Crippen LogP contribution is 2.25. The van der Waals surface area contributed by atoms with Crippen LogP contribution in [0, 0.1) is 5.82 Å². The average Bonchev–Trinajstić information content (AvgIpc) is 2.80. The first kappa shape index (κ1) is 15.7. The molecule has 122 valence electrons. The largest absolute Gasteiger partial charge is 0.497 e. The van der Waals surface area contributed by atoms with E-state index in [-0.39, 0.29) is 12.2 Å². The van der Waals surface area contributed by atoms with Gasteiger partial charge in [0.25, 0.3) is 0 Å². The second-order valence-electron chi connectivity index (χ2n) is 5.14. The maximum absolute atomic E-state index is 12.9. The summed E-state index contributed by atoms with van der Waals surface area (Å²) in [4.78, 5) is 38.4. The summed E-state index contributed by atoms with van der Waals surface area (Å²) >= 11 is 0. The first-order valence-corrected chi connectivity index (χ1v) is 7.09. The van der Waals surface area contributed by atoms with Gasteiger partial charge in [0.1, 0.15) is 11.6 Å². The summed E-state index contributed by atoms with van der Waals surface area (Å²) in [5.74, 6) is -1.70. The van der Waals surface area contributed by atoms with Crippen molar-refractivity contribution in [1.29, 1.82) is 0 Å². The Kier molecular flexibility index (Phi) is 3.99. The van der Waals surface area contributed by atoms with Gasteiger partial charge in [-0.1, -0.05) is 12.1 Å². The quantitative estimate of drug-likeness (QED) is 0.638. The van der Waals surface area contributed by atoms with Crippen molar-refractivity contribution >= 4 is 23.5 Å². The molecule has 2 aromatic carbocycles. The molecule has 0 saturated carbocycles. The number of hydrogen-bond acceptors (Lipinski definition) is 4. The predicted molar refractivity (Wildman–Crippen MR) is 82.8 cm³/mol. The lowest BCUT2D eigenvalue weighted by Crippen LogP contribution is -2.33. The molecule has 1 aliphatic heterocycles. The van der Waals surface area contributed by atoms with Crippen LogP contribution in [0.15, 0.2) is 48.5 Å². The number of methoxy groups -OCH3 is 1. The second-order valence-corrected chi connectivity index (χ2v) is 5.14. The number of amides is 4. The third kappa shape index (κ3) is 2.71. The molecular formula is C17H13FN2O4. The second kappa shape index (κ2) is 6.11. The van der Waals surface area contributed by atoms with Gasteiger partial charge in [0.2, 0.25) is 0 Å². The normalized spacial score (nSPS) is 14.5. The Labute approximate surface area is 137 Å². The summed E-state index contributed by atoms with van der Waals surface area (Å²) in [5.41, 5.74) is 0.822.